The highest BCUT2D eigenvalue weighted by Gasteiger charge is 2.15. The van der Waals surface area contributed by atoms with Crippen molar-refractivity contribution in [3.05, 3.63) is 69.1 Å². The highest BCUT2D eigenvalue weighted by Crippen LogP contribution is 2.33. The fraction of sp³-hybridized carbons (Fsp3) is 0. The summed E-state index contributed by atoms with van der Waals surface area (Å²) >= 11 is 12.6. The van der Waals surface area contributed by atoms with Crippen LogP contribution in [0.15, 0.2) is 53.3 Å². The minimum Gasteiger partial charge on any atom is -0.321 e. The van der Waals surface area contributed by atoms with Gasteiger partial charge in [0.2, 0.25) is 0 Å². The SMILES string of the molecule is O=c1[nH]c2c3cc(Cl)ccc3nc(Cl)c2c2nc3ccccc3cc12. The molecule has 0 aliphatic carbocycles. The molecule has 0 radical (unpaired) electrons. The molecule has 5 aromatic rings. The molecule has 0 unspecified atom stereocenters. The molecular weight excluding hydrogens is 357 g/mol. The maximum atomic E-state index is 12.7. The molecule has 0 spiro atoms. The summed E-state index contributed by atoms with van der Waals surface area (Å²) in [5, 5.41) is 3.60. The number of H-pyrrole nitrogens is 1. The Kier molecular flexibility index (Phi) is 3.02. The van der Waals surface area contributed by atoms with Crippen molar-refractivity contribution < 1.29 is 0 Å². The zero-order valence-electron chi connectivity index (χ0n) is 12.7. The molecule has 120 valence electrons. The third-order valence-corrected chi connectivity index (χ3v) is 4.86. The second-order valence-corrected chi connectivity index (χ2v) is 6.64. The van der Waals surface area contributed by atoms with Gasteiger partial charge in [0.1, 0.15) is 5.15 Å². The molecule has 0 fully saturated rings. The Hall–Kier alpha value is -2.69. The fourth-order valence-electron chi connectivity index (χ4n) is 3.21. The topological polar surface area (TPSA) is 58.6 Å². The van der Waals surface area contributed by atoms with Crippen LogP contribution in [0.1, 0.15) is 0 Å². The lowest BCUT2D eigenvalue weighted by Gasteiger charge is -2.09. The number of para-hydroxylation sites is 1. The van der Waals surface area contributed by atoms with Crippen LogP contribution in [0.2, 0.25) is 10.2 Å². The molecule has 3 aromatic heterocycles. The lowest BCUT2D eigenvalue weighted by atomic mass is 10.1. The second kappa shape index (κ2) is 5.15. The monoisotopic (exact) mass is 365 g/mol. The number of fused-ring (bicyclic) bond motifs is 6. The maximum Gasteiger partial charge on any atom is 0.257 e. The zero-order chi connectivity index (χ0) is 17.1. The highest BCUT2D eigenvalue weighted by molar-refractivity contribution is 6.38. The van der Waals surface area contributed by atoms with Crippen LogP contribution in [0.4, 0.5) is 0 Å². The molecule has 0 aliphatic heterocycles. The van der Waals surface area contributed by atoms with Crippen LogP contribution in [0.5, 0.6) is 0 Å². The van der Waals surface area contributed by atoms with E-state index in [1.807, 2.05) is 30.3 Å². The van der Waals surface area contributed by atoms with Gasteiger partial charge in [0.15, 0.2) is 0 Å². The van der Waals surface area contributed by atoms with Crippen molar-refractivity contribution in [1.82, 2.24) is 15.0 Å². The van der Waals surface area contributed by atoms with Crippen LogP contribution < -0.4 is 5.56 Å². The standard InChI is InChI=1S/C19H9Cl2N3O/c20-10-5-6-14-11(8-10)16-15(18(21)23-14)17-12(19(25)24-16)7-9-3-1-2-4-13(9)22-17/h1-8H,(H,24,25). The molecule has 6 heteroatoms. The summed E-state index contributed by atoms with van der Waals surface area (Å²) in [5.41, 5.74) is 2.38. The van der Waals surface area contributed by atoms with Crippen molar-refractivity contribution >= 4 is 66.8 Å². The first kappa shape index (κ1) is 14.6. The number of hydrogen-bond acceptors (Lipinski definition) is 3. The summed E-state index contributed by atoms with van der Waals surface area (Å²) in [6.07, 6.45) is 0. The molecule has 1 N–H and O–H groups in total. The van der Waals surface area contributed by atoms with Crippen LogP contribution in [0.3, 0.4) is 0 Å². The Morgan fingerprint density at radius 3 is 2.60 bits per heavy atom. The smallest absolute Gasteiger partial charge is 0.257 e. The van der Waals surface area contributed by atoms with Gasteiger partial charge < -0.3 is 4.98 Å². The average Bonchev–Trinajstić information content (AvgIpc) is 2.61. The Balaban J connectivity index is 2.11. The lowest BCUT2D eigenvalue weighted by Crippen LogP contribution is -2.08. The summed E-state index contributed by atoms with van der Waals surface area (Å²) in [6.45, 7) is 0. The predicted octanol–water partition coefficient (Wildman–Crippen LogP) is 5.08. The first-order chi connectivity index (χ1) is 12.1. The molecule has 0 bridgehead atoms. The molecule has 5 rings (SSSR count). The summed E-state index contributed by atoms with van der Waals surface area (Å²) in [6, 6.07) is 14.8. The van der Waals surface area contributed by atoms with Crippen molar-refractivity contribution in [3.8, 4) is 0 Å². The molecular formula is C19H9Cl2N3O. The molecule has 0 saturated carbocycles. The third-order valence-electron chi connectivity index (χ3n) is 4.35. The van der Waals surface area contributed by atoms with Crippen LogP contribution in [-0.4, -0.2) is 15.0 Å². The van der Waals surface area contributed by atoms with E-state index in [9.17, 15) is 4.79 Å². The van der Waals surface area contributed by atoms with E-state index in [0.717, 1.165) is 16.3 Å². The number of halogens is 2. The Morgan fingerprint density at radius 2 is 1.72 bits per heavy atom. The number of aromatic nitrogens is 3. The van der Waals surface area contributed by atoms with Gasteiger partial charge in [-0.1, -0.05) is 41.4 Å². The van der Waals surface area contributed by atoms with Gasteiger partial charge in [-0.2, -0.15) is 0 Å². The number of hydrogen-bond donors (Lipinski definition) is 1. The molecule has 4 nitrogen and oxygen atoms in total. The molecule has 0 amide bonds. The molecule has 0 saturated heterocycles. The number of pyridine rings is 3. The van der Waals surface area contributed by atoms with E-state index in [-0.39, 0.29) is 5.56 Å². The van der Waals surface area contributed by atoms with Crippen LogP contribution >= 0.6 is 23.2 Å². The van der Waals surface area contributed by atoms with E-state index in [0.29, 0.717) is 37.5 Å². The van der Waals surface area contributed by atoms with E-state index >= 15 is 0 Å². The van der Waals surface area contributed by atoms with Crippen molar-refractivity contribution in [1.29, 1.82) is 0 Å². The van der Waals surface area contributed by atoms with Gasteiger partial charge in [-0.05, 0) is 30.3 Å². The van der Waals surface area contributed by atoms with Crippen molar-refractivity contribution in [2.75, 3.05) is 0 Å². The second-order valence-electron chi connectivity index (χ2n) is 5.85. The molecule has 2 aromatic carbocycles. The van der Waals surface area contributed by atoms with Crippen molar-refractivity contribution in [3.63, 3.8) is 0 Å². The van der Waals surface area contributed by atoms with Gasteiger partial charge in [0.05, 0.1) is 32.8 Å². The van der Waals surface area contributed by atoms with E-state index in [1.165, 1.54) is 0 Å². The molecule has 3 heterocycles. The normalized spacial score (nSPS) is 11.8. The average molecular weight is 366 g/mol. The van der Waals surface area contributed by atoms with Crippen LogP contribution in [0, 0.1) is 0 Å². The van der Waals surface area contributed by atoms with E-state index < -0.39 is 0 Å². The van der Waals surface area contributed by atoms with Crippen molar-refractivity contribution in [2.45, 2.75) is 0 Å². The zero-order valence-corrected chi connectivity index (χ0v) is 14.2. The number of rotatable bonds is 0. The molecule has 25 heavy (non-hydrogen) atoms. The number of nitrogens with one attached hydrogen (secondary N) is 1. The summed E-state index contributed by atoms with van der Waals surface area (Å²) in [7, 11) is 0. The third kappa shape index (κ3) is 2.11. The summed E-state index contributed by atoms with van der Waals surface area (Å²) in [4.78, 5) is 24.7. The molecule has 0 aliphatic rings. The summed E-state index contributed by atoms with van der Waals surface area (Å²) < 4.78 is 0. The van der Waals surface area contributed by atoms with E-state index in [4.69, 9.17) is 23.2 Å². The first-order valence-corrected chi connectivity index (χ1v) is 8.38. The molecule has 0 atom stereocenters. The predicted molar refractivity (Wildman–Crippen MR) is 103 cm³/mol. The van der Waals surface area contributed by atoms with Gasteiger partial charge in [0, 0.05) is 15.8 Å². The van der Waals surface area contributed by atoms with Gasteiger partial charge in [-0.3, -0.25) is 4.79 Å². The quantitative estimate of drug-likeness (QED) is 0.236. The largest absolute Gasteiger partial charge is 0.321 e. The van der Waals surface area contributed by atoms with Gasteiger partial charge in [-0.25, -0.2) is 9.97 Å². The number of benzene rings is 2. The van der Waals surface area contributed by atoms with Crippen LogP contribution in [0.25, 0.3) is 43.6 Å². The maximum absolute atomic E-state index is 12.7. The van der Waals surface area contributed by atoms with E-state index in [1.54, 1.807) is 18.2 Å². The number of nitrogens with zero attached hydrogens (tertiary/aromatic N) is 2. The van der Waals surface area contributed by atoms with Crippen molar-refractivity contribution in [2.24, 2.45) is 0 Å². The van der Waals surface area contributed by atoms with E-state index in [2.05, 4.69) is 15.0 Å². The van der Waals surface area contributed by atoms with Gasteiger partial charge in [-0.15, -0.1) is 0 Å². The number of aromatic amines is 1. The Labute approximate surface area is 151 Å². The lowest BCUT2D eigenvalue weighted by molar-refractivity contribution is 1.32. The van der Waals surface area contributed by atoms with Crippen LogP contribution in [-0.2, 0) is 0 Å². The highest BCUT2D eigenvalue weighted by atomic mass is 35.5. The minimum absolute atomic E-state index is 0.218. The first-order valence-electron chi connectivity index (χ1n) is 7.62. The van der Waals surface area contributed by atoms with Gasteiger partial charge in [0.25, 0.3) is 5.56 Å². The Morgan fingerprint density at radius 1 is 0.880 bits per heavy atom. The summed E-state index contributed by atoms with van der Waals surface area (Å²) in [5.74, 6) is 0. The fourth-order valence-corrected chi connectivity index (χ4v) is 3.66. The Bertz CT molecular complexity index is 1390. The van der Waals surface area contributed by atoms with Gasteiger partial charge >= 0.3 is 0 Å². The minimum atomic E-state index is -0.218.